The lowest BCUT2D eigenvalue weighted by atomic mass is 10.1. The van der Waals surface area contributed by atoms with E-state index in [0.29, 0.717) is 5.01 Å². The number of hydrogen-bond acceptors (Lipinski definition) is 5. The van der Waals surface area contributed by atoms with Crippen molar-refractivity contribution in [3.8, 4) is 0 Å². The van der Waals surface area contributed by atoms with Crippen LogP contribution in [0.15, 0.2) is 23.6 Å². The molecule has 0 fully saturated rings. The number of rotatable bonds is 4. The van der Waals surface area contributed by atoms with Gasteiger partial charge < -0.3 is 16.2 Å². The van der Waals surface area contributed by atoms with Crippen LogP contribution in [0.5, 0.6) is 0 Å². The van der Waals surface area contributed by atoms with Crippen molar-refractivity contribution in [2.24, 2.45) is 5.73 Å². The number of aromatic carboxylic acids is 1. The van der Waals surface area contributed by atoms with Crippen LogP contribution < -0.4 is 11.1 Å². The Morgan fingerprint density at radius 2 is 2.19 bits per heavy atom. The Kier molecular flexibility index (Phi) is 4.29. The van der Waals surface area contributed by atoms with Crippen LogP contribution in [0, 0.1) is 5.82 Å². The fourth-order valence-electron chi connectivity index (χ4n) is 1.63. The molecule has 0 saturated carbocycles. The summed E-state index contributed by atoms with van der Waals surface area (Å²) in [6.07, 6.45) is 0. The standard InChI is InChI=1S/C13H12FN3O3S/c1-6(15)12-17-9(5-21-12)11(18)16-8-4-2-3-7(14)10(8)13(19)20/h2-6H,15H2,1H3,(H,16,18)(H,19,20). The highest BCUT2D eigenvalue weighted by Crippen LogP contribution is 2.21. The first-order chi connectivity index (χ1) is 9.90. The average Bonchev–Trinajstić information content (AvgIpc) is 2.88. The van der Waals surface area contributed by atoms with Crippen LogP contribution in [0.25, 0.3) is 0 Å². The molecule has 1 aromatic carbocycles. The third-order valence-corrected chi connectivity index (χ3v) is 3.67. The van der Waals surface area contributed by atoms with Crippen molar-refractivity contribution in [2.45, 2.75) is 13.0 Å². The van der Waals surface area contributed by atoms with Gasteiger partial charge in [0.1, 0.15) is 22.1 Å². The Hall–Kier alpha value is -2.32. The number of benzene rings is 1. The SMILES string of the molecule is CC(N)c1nc(C(=O)Nc2cccc(F)c2C(=O)O)cs1. The molecule has 0 radical (unpaired) electrons. The Bertz CT molecular complexity index is 700. The number of anilines is 1. The van der Waals surface area contributed by atoms with E-state index in [9.17, 15) is 14.0 Å². The number of carbonyl (C=O) groups excluding carboxylic acids is 1. The summed E-state index contributed by atoms with van der Waals surface area (Å²) in [7, 11) is 0. The summed E-state index contributed by atoms with van der Waals surface area (Å²) in [4.78, 5) is 27.1. The van der Waals surface area contributed by atoms with Gasteiger partial charge in [0.05, 0.1) is 11.7 Å². The summed E-state index contributed by atoms with van der Waals surface area (Å²) in [5.74, 6) is -3.00. The van der Waals surface area contributed by atoms with E-state index in [0.717, 1.165) is 6.07 Å². The number of carboxylic acid groups (broad SMARTS) is 1. The summed E-state index contributed by atoms with van der Waals surface area (Å²) in [5.41, 5.74) is 5.05. The summed E-state index contributed by atoms with van der Waals surface area (Å²) in [6.45, 7) is 1.73. The average molecular weight is 309 g/mol. The third-order valence-electron chi connectivity index (χ3n) is 2.62. The zero-order valence-corrected chi connectivity index (χ0v) is 11.8. The lowest BCUT2D eigenvalue weighted by Crippen LogP contribution is -2.16. The minimum atomic E-state index is -1.46. The molecule has 0 aliphatic heterocycles. The van der Waals surface area contributed by atoms with Crippen molar-refractivity contribution in [3.05, 3.63) is 45.7 Å². The second kappa shape index (κ2) is 5.98. The van der Waals surface area contributed by atoms with Crippen molar-refractivity contribution in [1.29, 1.82) is 0 Å². The smallest absolute Gasteiger partial charge is 0.340 e. The fourth-order valence-corrected chi connectivity index (χ4v) is 2.39. The molecule has 1 aromatic heterocycles. The second-order valence-electron chi connectivity index (χ2n) is 4.28. The lowest BCUT2D eigenvalue weighted by Gasteiger charge is -2.07. The number of thiazole rings is 1. The highest BCUT2D eigenvalue weighted by atomic mass is 32.1. The molecule has 0 spiro atoms. The van der Waals surface area contributed by atoms with Gasteiger partial charge in [-0.05, 0) is 19.1 Å². The van der Waals surface area contributed by atoms with Gasteiger partial charge >= 0.3 is 5.97 Å². The van der Waals surface area contributed by atoms with Gasteiger partial charge in [-0.2, -0.15) is 0 Å². The molecule has 6 nitrogen and oxygen atoms in total. The van der Waals surface area contributed by atoms with Crippen LogP contribution in [-0.2, 0) is 0 Å². The molecule has 8 heteroatoms. The molecule has 110 valence electrons. The van der Waals surface area contributed by atoms with E-state index >= 15 is 0 Å². The number of nitrogens with zero attached hydrogens (tertiary/aromatic N) is 1. The van der Waals surface area contributed by atoms with E-state index in [-0.39, 0.29) is 17.4 Å². The zero-order chi connectivity index (χ0) is 15.6. The van der Waals surface area contributed by atoms with Crippen LogP contribution >= 0.6 is 11.3 Å². The number of nitrogens with one attached hydrogen (secondary N) is 1. The topological polar surface area (TPSA) is 105 Å². The van der Waals surface area contributed by atoms with Crippen molar-refractivity contribution in [3.63, 3.8) is 0 Å². The van der Waals surface area contributed by atoms with Crippen LogP contribution in [0.1, 0.15) is 38.8 Å². The van der Waals surface area contributed by atoms with Gasteiger partial charge in [-0.3, -0.25) is 4.79 Å². The maximum Gasteiger partial charge on any atom is 0.340 e. The first-order valence-electron chi connectivity index (χ1n) is 5.94. The molecular weight excluding hydrogens is 297 g/mol. The third kappa shape index (κ3) is 3.23. The molecule has 0 saturated heterocycles. The second-order valence-corrected chi connectivity index (χ2v) is 5.17. The van der Waals surface area contributed by atoms with Crippen LogP contribution in [0.3, 0.4) is 0 Å². The monoisotopic (exact) mass is 309 g/mol. The number of halogens is 1. The van der Waals surface area contributed by atoms with Crippen molar-refractivity contribution in [1.82, 2.24) is 4.98 Å². The van der Waals surface area contributed by atoms with Gasteiger partial charge in [-0.1, -0.05) is 6.07 Å². The molecule has 1 atom stereocenters. The number of carboxylic acids is 1. The number of carbonyl (C=O) groups is 2. The first-order valence-corrected chi connectivity index (χ1v) is 6.82. The van der Waals surface area contributed by atoms with Crippen molar-refractivity contribution < 1.29 is 19.1 Å². The van der Waals surface area contributed by atoms with Gasteiger partial charge in [0.25, 0.3) is 5.91 Å². The molecule has 0 bridgehead atoms. The van der Waals surface area contributed by atoms with Crippen LogP contribution in [0.2, 0.25) is 0 Å². The Morgan fingerprint density at radius 1 is 1.48 bits per heavy atom. The predicted octanol–water partition coefficient (Wildman–Crippen LogP) is 2.25. The largest absolute Gasteiger partial charge is 0.478 e. The highest BCUT2D eigenvalue weighted by Gasteiger charge is 2.19. The predicted molar refractivity (Wildman–Crippen MR) is 76.0 cm³/mol. The summed E-state index contributed by atoms with van der Waals surface area (Å²) in [5, 5.41) is 13.4. The number of hydrogen-bond donors (Lipinski definition) is 3. The molecule has 1 heterocycles. The Balaban J connectivity index is 2.27. The molecule has 0 aliphatic carbocycles. The van der Waals surface area contributed by atoms with E-state index in [1.54, 1.807) is 6.92 Å². The maximum absolute atomic E-state index is 13.5. The molecule has 1 unspecified atom stereocenters. The van der Waals surface area contributed by atoms with E-state index in [1.165, 1.54) is 28.8 Å². The van der Waals surface area contributed by atoms with E-state index in [4.69, 9.17) is 10.8 Å². The van der Waals surface area contributed by atoms with E-state index in [2.05, 4.69) is 10.3 Å². The quantitative estimate of drug-likeness (QED) is 0.803. The summed E-state index contributed by atoms with van der Waals surface area (Å²) < 4.78 is 13.5. The van der Waals surface area contributed by atoms with Gasteiger partial charge in [-0.25, -0.2) is 14.2 Å². The van der Waals surface area contributed by atoms with Gasteiger partial charge in [-0.15, -0.1) is 11.3 Å². The van der Waals surface area contributed by atoms with E-state index in [1.807, 2.05) is 0 Å². The summed E-state index contributed by atoms with van der Waals surface area (Å²) >= 11 is 1.22. The van der Waals surface area contributed by atoms with Gasteiger partial charge in [0.15, 0.2) is 0 Å². The Morgan fingerprint density at radius 3 is 2.76 bits per heavy atom. The molecule has 1 amide bonds. The molecular formula is C13H12FN3O3S. The lowest BCUT2D eigenvalue weighted by molar-refractivity contribution is 0.0693. The molecule has 2 aromatic rings. The molecule has 4 N–H and O–H groups in total. The first kappa shape index (κ1) is 15.1. The molecule has 21 heavy (non-hydrogen) atoms. The van der Waals surface area contributed by atoms with Gasteiger partial charge in [0.2, 0.25) is 0 Å². The maximum atomic E-state index is 13.5. The summed E-state index contributed by atoms with van der Waals surface area (Å²) in [6, 6.07) is 3.32. The van der Waals surface area contributed by atoms with Crippen molar-refractivity contribution in [2.75, 3.05) is 5.32 Å². The van der Waals surface area contributed by atoms with Crippen molar-refractivity contribution >= 4 is 28.9 Å². The number of amides is 1. The number of aromatic nitrogens is 1. The fraction of sp³-hybridized carbons (Fsp3) is 0.154. The van der Waals surface area contributed by atoms with E-state index < -0.39 is 23.3 Å². The minimum Gasteiger partial charge on any atom is -0.478 e. The zero-order valence-electron chi connectivity index (χ0n) is 11.0. The van der Waals surface area contributed by atoms with Crippen LogP contribution in [0.4, 0.5) is 10.1 Å². The van der Waals surface area contributed by atoms with Gasteiger partial charge in [0, 0.05) is 5.38 Å². The number of nitrogens with two attached hydrogens (primary N) is 1. The highest BCUT2D eigenvalue weighted by molar-refractivity contribution is 7.09. The molecule has 2 rings (SSSR count). The van der Waals surface area contributed by atoms with Crippen LogP contribution in [-0.4, -0.2) is 22.0 Å². The normalized spacial score (nSPS) is 12.0. The Labute approximate surface area is 123 Å². The minimum absolute atomic E-state index is 0.105. The molecule has 0 aliphatic rings.